The second-order valence-electron chi connectivity index (χ2n) is 6.72. The molecule has 2 rings (SSSR count). The highest BCUT2D eigenvalue weighted by atomic mass is 16.5. The monoisotopic (exact) mass is 412 g/mol. The summed E-state index contributed by atoms with van der Waals surface area (Å²) >= 11 is 0. The maximum Gasteiger partial charge on any atom is 0.326 e. The summed E-state index contributed by atoms with van der Waals surface area (Å²) in [6, 6.07) is 11.4. The van der Waals surface area contributed by atoms with Gasteiger partial charge in [0.25, 0.3) is 11.8 Å². The van der Waals surface area contributed by atoms with Crippen molar-refractivity contribution in [3.05, 3.63) is 65.2 Å². The minimum atomic E-state index is -1.19. The van der Waals surface area contributed by atoms with Crippen LogP contribution >= 0.6 is 0 Å². The standard InChI is InChI=1S/C21H24N4O5/c1-25(2)20(27)14-8-6-13(7-9-14)19(26)24-17(21(28)29)10-11-30-16-5-3-4-15(12-16)18(22)23/h3-9,12,17H,10-11H2,1-2H3,(H3,22,23)(H,24,26)(H,28,29)/t17-/m0/s1. The minimum Gasteiger partial charge on any atom is -0.493 e. The number of carbonyl (C=O) groups excluding carboxylic acids is 2. The van der Waals surface area contributed by atoms with Crippen molar-refractivity contribution in [1.82, 2.24) is 10.2 Å². The molecule has 158 valence electrons. The molecule has 0 radical (unpaired) electrons. The maximum absolute atomic E-state index is 12.4. The Morgan fingerprint density at radius 3 is 2.30 bits per heavy atom. The molecule has 5 N–H and O–H groups in total. The fourth-order valence-corrected chi connectivity index (χ4v) is 2.57. The Labute approximate surface area is 174 Å². The Hall–Kier alpha value is -3.88. The van der Waals surface area contributed by atoms with Gasteiger partial charge in [-0.05, 0) is 36.4 Å². The summed E-state index contributed by atoms with van der Waals surface area (Å²) in [6.07, 6.45) is 0.0303. The number of carboxylic acids is 1. The van der Waals surface area contributed by atoms with Crippen molar-refractivity contribution in [3.8, 4) is 5.75 Å². The van der Waals surface area contributed by atoms with Gasteiger partial charge in [0.1, 0.15) is 17.6 Å². The van der Waals surface area contributed by atoms with E-state index in [1.54, 1.807) is 38.4 Å². The lowest BCUT2D eigenvalue weighted by atomic mass is 10.1. The van der Waals surface area contributed by atoms with Crippen molar-refractivity contribution in [2.45, 2.75) is 12.5 Å². The zero-order valence-corrected chi connectivity index (χ0v) is 16.7. The number of carboxylic acid groups (broad SMARTS) is 1. The smallest absolute Gasteiger partial charge is 0.326 e. The first-order valence-electron chi connectivity index (χ1n) is 9.11. The van der Waals surface area contributed by atoms with Crippen LogP contribution in [-0.2, 0) is 4.79 Å². The maximum atomic E-state index is 12.4. The fourth-order valence-electron chi connectivity index (χ4n) is 2.57. The molecule has 0 spiro atoms. The quantitative estimate of drug-likeness (QED) is 0.361. The van der Waals surface area contributed by atoms with Crippen LogP contribution in [0.5, 0.6) is 5.75 Å². The highest BCUT2D eigenvalue weighted by Gasteiger charge is 2.21. The average molecular weight is 412 g/mol. The molecule has 0 saturated carbocycles. The van der Waals surface area contributed by atoms with E-state index in [1.807, 2.05) is 0 Å². The third kappa shape index (κ3) is 6.06. The Morgan fingerprint density at radius 2 is 1.73 bits per heavy atom. The Bertz CT molecular complexity index is 941. The number of carbonyl (C=O) groups is 3. The van der Waals surface area contributed by atoms with E-state index in [2.05, 4.69) is 5.32 Å². The molecule has 0 aromatic heterocycles. The number of hydrogen-bond donors (Lipinski definition) is 4. The topological polar surface area (TPSA) is 146 Å². The molecule has 2 aromatic carbocycles. The Kier molecular flexibility index (Phi) is 7.51. The van der Waals surface area contributed by atoms with Crippen molar-refractivity contribution in [3.63, 3.8) is 0 Å². The average Bonchev–Trinajstić information content (AvgIpc) is 2.72. The summed E-state index contributed by atoms with van der Waals surface area (Å²) in [4.78, 5) is 37.2. The van der Waals surface area contributed by atoms with E-state index < -0.39 is 17.9 Å². The summed E-state index contributed by atoms with van der Waals surface area (Å²) in [5, 5.41) is 19.3. The van der Waals surface area contributed by atoms with Gasteiger partial charge in [-0.25, -0.2) is 4.79 Å². The molecule has 2 aromatic rings. The van der Waals surface area contributed by atoms with Crippen LogP contribution in [0.1, 0.15) is 32.7 Å². The number of rotatable bonds is 9. The van der Waals surface area contributed by atoms with Crippen LogP contribution in [0.15, 0.2) is 48.5 Å². The fraction of sp³-hybridized carbons (Fsp3) is 0.238. The van der Waals surface area contributed by atoms with Crippen LogP contribution in [0, 0.1) is 5.41 Å². The Balaban J connectivity index is 1.96. The molecule has 0 aliphatic carbocycles. The number of hydrogen-bond acceptors (Lipinski definition) is 5. The molecule has 0 bridgehead atoms. The molecule has 0 aliphatic rings. The highest BCUT2D eigenvalue weighted by molar-refractivity contribution is 5.99. The predicted molar refractivity (Wildman–Crippen MR) is 111 cm³/mol. The molecule has 0 unspecified atom stereocenters. The third-order valence-corrected chi connectivity index (χ3v) is 4.22. The second-order valence-corrected chi connectivity index (χ2v) is 6.72. The number of nitrogens with two attached hydrogens (primary N) is 1. The largest absolute Gasteiger partial charge is 0.493 e. The van der Waals surface area contributed by atoms with Gasteiger partial charge in [-0.15, -0.1) is 0 Å². The minimum absolute atomic E-state index is 0.0303. The van der Waals surface area contributed by atoms with Crippen LogP contribution in [0.25, 0.3) is 0 Å². The van der Waals surface area contributed by atoms with Gasteiger partial charge >= 0.3 is 5.97 Å². The summed E-state index contributed by atoms with van der Waals surface area (Å²) in [6.45, 7) is 0.0366. The number of nitrogen functional groups attached to an aromatic ring is 1. The molecule has 0 aliphatic heterocycles. The number of ether oxygens (including phenoxy) is 1. The van der Waals surface area contributed by atoms with Crippen LogP contribution in [0.3, 0.4) is 0 Å². The molecule has 2 amide bonds. The number of benzene rings is 2. The van der Waals surface area contributed by atoms with Crippen molar-refractivity contribution in [2.24, 2.45) is 5.73 Å². The van der Waals surface area contributed by atoms with E-state index >= 15 is 0 Å². The summed E-state index contributed by atoms with van der Waals surface area (Å²) < 4.78 is 5.52. The summed E-state index contributed by atoms with van der Waals surface area (Å²) in [5.74, 6) is -1.61. The van der Waals surface area contributed by atoms with Crippen molar-refractivity contribution >= 4 is 23.6 Å². The molecule has 0 saturated heterocycles. The van der Waals surface area contributed by atoms with Crippen molar-refractivity contribution in [2.75, 3.05) is 20.7 Å². The van der Waals surface area contributed by atoms with Crippen molar-refractivity contribution < 1.29 is 24.2 Å². The predicted octanol–water partition coefficient (Wildman–Crippen LogP) is 1.32. The van der Waals surface area contributed by atoms with E-state index in [9.17, 15) is 19.5 Å². The number of nitrogens with zero attached hydrogens (tertiary/aromatic N) is 1. The molecule has 30 heavy (non-hydrogen) atoms. The third-order valence-electron chi connectivity index (χ3n) is 4.22. The van der Waals surface area contributed by atoms with E-state index in [-0.39, 0.29) is 30.3 Å². The van der Waals surface area contributed by atoms with Gasteiger partial charge in [-0.1, -0.05) is 12.1 Å². The number of aliphatic carboxylic acids is 1. The van der Waals surface area contributed by atoms with E-state index in [4.69, 9.17) is 15.9 Å². The van der Waals surface area contributed by atoms with Gasteiger partial charge in [-0.2, -0.15) is 0 Å². The van der Waals surface area contributed by atoms with Gasteiger partial charge in [0, 0.05) is 37.2 Å². The van der Waals surface area contributed by atoms with Gasteiger partial charge in [0.15, 0.2) is 0 Å². The zero-order chi connectivity index (χ0) is 22.3. The first-order chi connectivity index (χ1) is 14.2. The van der Waals surface area contributed by atoms with Gasteiger partial charge in [-0.3, -0.25) is 15.0 Å². The first-order valence-corrected chi connectivity index (χ1v) is 9.11. The van der Waals surface area contributed by atoms with Crippen LogP contribution < -0.4 is 15.8 Å². The van der Waals surface area contributed by atoms with Gasteiger partial charge < -0.3 is 25.8 Å². The SMILES string of the molecule is CN(C)C(=O)c1ccc(C(=O)N[C@@H](CCOc2cccc(C(=N)N)c2)C(=O)O)cc1. The van der Waals surface area contributed by atoms with E-state index in [0.29, 0.717) is 16.9 Å². The highest BCUT2D eigenvalue weighted by Crippen LogP contribution is 2.14. The van der Waals surface area contributed by atoms with E-state index in [0.717, 1.165) is 0 Å². The number of amides is 2. The summed E-state index contributed by atoms with van der Waals surface area (Å²) in [7, 11) is 3.25. The molecule has 9 nitrogen and oxygen atoms in total. The number of amidine groups is 1. The molecular weight excluding hydrogens is 388 g/mol. The van der Waals surface area contributed by atoms with Crippen LogP contribution in [0.2, 0.25) is 0 Å². The van der Waals surface area contributed by atoms with E-state index in [1.165, 1.54) is 29.2 Å². The Morgan fingerprint density at radius 1 is 1.10 bits per heavy atom. The molecular formula is C21H24N4O5. The molecule has 0 heterocycles. The lowest BCUT2D eigenvalue weighted by Crippen LogP contribution is -2.41. The summed E-state index contributed by atoms with van der Waals surface area (Å²) in [5.41, 5.74) is 6.59. The lowest BCUT2D eigenvalue weighted by Gasteiger charge is -2.16. The van der Waals surface area contributed by atoms with Gasteiger partial charge in [0.05, 0.1) is 6.61 Å². The second kappa shape index (κ2) is 10.1. The molecule has 1 atom stereocenters. The zero-order valence-electron chi connectivity index (χ0n) is 16.7. The first kappa shape index (κ1) is 22.4. The van der Waals surface area contributed by atoms with Crippen LogP contribution in [0.4, 0.5) is 0 Å². The molecule has 9 heteroatoms. The lowest BCUT2D eigenvalue weighted by molar-refractivity contribution is -0.139. The van der Waals surface area contributed by atoms with Crippen LogP contribution in [-0.4, -0.2) is 60.4 Å². The number of nitrogens with one attached hydrogen (secondary N) is 2. The normalized spacial score (nSPS) is 11.3. The van der Waals surface area contributed by atoms with Gasteiger partial charge in [0.2, 0.25) is 0 Å². The molecule has 0 fully saturated rings. The van der Waals surface area contributed by atoms with Crippen molar-refractivity contribution in [1.29, 1.82) is 5.41 Å².